The smallest absolute Gasteiger partial charge is 0.325 e. The van der Waals surface area contributed by atoms with Crippen LogP contribution in [0.15, 0.2) is 53.4 Å². The van der Waals surface area contributed by atoms with Gasteiger partial charge in [-0.15, -0.1) is 0 Å². The highest BCUT2D eigenvalue weighted by atomic mass is 32.2. The van der Waals surface area contributed by atoms with E-state index in [0.717, 1.165) is 16.4 Å². The number of benzene rings is 2. The molecule has 6 nitrogen and oxygen atoms in total. The van der Waals surface area contributed by atoms with Crippen molar-refractivity contribution >= 4 is 27.4 Å². The van der Waals surface area contributed by atoms with Gasteiger partial charge in [0, 0.05) is 17.8 Å². The molecular formula is C20H19F3N2O4S. The highest BCUT2D eigenvalue weighted by molar-refractivity contribution is 7.89. The summed E-state index contributed by atoms with van der Waals surface area (Å²) in [6, 6.07) is 8.88. The Hall–Kier alpha value is -2.72. The summed E-state index contributed by atoms with van der Waals surface area (Å²) in [6.07, 6.45) is -4.35. The van der Waals surface area contributed by atoms with Crippen LogP contribution in [0.4, 0.5) is 18.9 Å². The van der Waals surface area contributed by atoms with Crippen LogP contribution in [0.1, 0.15) is 35.7 Å². The molecule has 30 heavy (non-hydrogen) atoms. The van der Waals surface area contributed by atoms with Crippen molar-refractivity contribution in [1.82, 2.24) is 4.31 Å². The third-order valence-corrected chi connectivity index (χ3v) is 6.79. The minimum absolute atomic E-state index is 0.0693. The van der Waals surface area contributed by atoms with E-state index in [0.29, 0.717) is 23.7 Å². The lowest BCUT2D eigenvalue weighted by Gasteiger charge is -2.25. The number of anilines is 1. The molecule has 0 saturated carbocycles. The number of carbonyl (C=O) groups is 2. The number of hydrogen-bond acceptors (Lipinski definition) is 4. The van der Waals surface area contributed by atoms with Crippen molar-refractivity contribution in [2.45, 2.75) is 36.9 Å². The molecular weight excluding hydrogens is 421 g/mol. The summed E-state index contributed by atoms with van der Waals surface area (Å²) >= 11 is 0. The number of ketones is 1. The molecule has 2 aromatic rings. The van der Waals surface area contributed by atoms with Crippen LogP contribution < -0.4 is 5.32 Å². The third-order valence-electron chi connectivity index (χ3n) is 4.82. The number of Topliss-reactive ketones (excluding diaryl/α,β-unsaturated/α-hetero) is 1. The molecule has 1 aliphatic heterocycles. The van der Waals surface area contributed by atoms with Gasteiger partial charge < -0.3 is 5.32 Å². The molecule has 1 N–H and O–H groups in total. The molecule has 3 rings (SSSR count). The Morgan fingerprint density at radius 1 is 1.10 bits per heavy atom. The first-order valence-electron chi connectivity index (χ1n) is 9.12. The van der Waals surface area contributed by atoms with Crippen LogP contribution >= 0.6 is 0 Å². The van der Waals surface area contributed by atoms with Gasteiger partial charge in [-0.1, -0.05) is 24.3 Å². The predicted octanol–water partition coefficient (Wildman–Crippen LogP) is 3.70. The summed E-state index contributed by atoms with van der Waals surface area (Å²) < 4.78 is 66.8. The van der Waals surface area contributed by atoms with E-state index in [-0.39, 0.29) is 18.7 Å². The number of amides is 1. The van der Waals surface area contributed by atoms with E-state index in [1.54, 1.807) is 12.1 Å². The van der Waals surface area contributed by atoms with Gasteiger partial charge in [0.05, 0.1) is 10.5 Å². The lowest BCUT2D eigenvalue weighted by atomic mass is 10.1. The van der Waals surface area contributed by atoms with Crippen LogP contribution in [-0.2, 0) is 21.0 Å². The molecule has 1 heterocycles. The lowest BCUT2D eigenvalue weighted by molar-refractivity contribution is -0.139. The monoisotopic (exact) mass is 440 g/mol. The SMILES string of the molecule is CC(=O)c1cccc(NC(=O)[C@H]2CCCN2S(=O)(=O)c2ccccc2C(F)(F)F)c1. The molecule has 0 aliphatic carbocycles. The highest BCUT2D eigenvalue weighted by Crippen LogP contribution is 2.37. The van der Waals surface area contributed by atoms with Gasteiger partial charge >= 0.3 is 6.18 Å². The van der Waals surface area contributed by atoms with Gasteiger partial charge in [0.2, 0.25) is 15.9 Å². The summed E-state index contributed by atoms with van der Waals surface area (Å²) in [5.41, 5.74) is -0.610. The highest BCUT2D eigenvalue weighted by Gasteiger charge is 2.44. The summed E-state index contributed by atoms with van der Waals surface area (Å²) in [5, 5.41) is 2.56. The topological polar surface area (TPSA) is 83.6 Å². The Bertz CT molecular complexity index is 1080. The molecule has 2 aromatic carbocycles. The zero-order valence-corrected chi connectivity index (χ0v) is 16.8. The predicted molar refractivity (Wildman–Crippen MR) is 103 cm³/mol. The fourth-order valence-electron chi connectivity index (χ4n) is 3.38. The second kappa shape index (κ2) is 8.19. The maximum Gasteiger partial charge on any atom is 0.417 e. The first-order chi connectivity index (χ1) is 14.0. The largest absolute Gasteiger partial charge is 0.417 e. The summed E-state index contributed by atoms with van der Waals surface area (Å²) in [7, 11) is -4.56. The number of carbonyl (C=O) groups excluding carboxylic acids is 2. The fourth-order valence-corrected chi connectivity index (χ4v) is 5.25. The van der Waals surface area contributed by atoms with Crippen LogP contribution in [0.25, 0.3) is 0 Å². The summed E-state index contributed by atoms with van der Waals surface area (Å²) in [5.74, 6) is -0.874. The molecule has 0 radical (unpaired) electrons. The summed E-state index contributed by atoms with van der Waals surface area (Å²) in [4.78, 5) is 23.4. The van der Waals surface area contributed by atoms with Crippen LogP contribution in [0.2, 0.25) is 0 Å². The van der Waals surface area contributed by atoms with Crippen molar-refractivity contribution in [2.24, 2.45) is 0 Å². The first kappa shape index (κ1) is 22.0. The quantitative estimate of drug-likeness (QED) is 0.719. The number of hydrogen-bond donors (Lipinski definition) is 1. The minimum Gasteiger partial charge on any atom is -0.325 e. The van der Waals surface area contributed by atoms with Gasteiger partial charge in [-0.05, 0) is 44.0 Å². The van der Waals surface area contributed by atoms with Crippen molar-refractivity contribution in [3.8, 4) is 0 Å². The summed E-state index contributed by atoms with van der Waals surface area (Å²) in [6.45, 7) is 1.30. The molecule has 1 fully saturated rings. The van der Waals surface area contributed by atoms with Crippen LogP contribution in [-0.4, -0.2) is 37.0 Å². The molecule has 0 bridgehead atoms. The van der Waals surface area contributed by atoms with Gasteiger partial charge in [-0.2, -0.15) is 17.5 Å². The van der Waals surface area contributed by atoms with Crippen molar-refractivity contribution in [3.05, 3.63) is 59.7 Å². The maximum atomic E-state index is 13.3. The second-order valence-electron chi connectivity index (χ2n) is 6.89. The minimum atomic E-state index is -4.85. The molecule has 10 heteroatoms. The Kier molecular flexibility index (Phi) is 6.00. The molecule has 160 valence electrons. The van der Waals surface area contributed by atoms with Gasteiger partial charge in [-0.3, -0.25) is 9.59 Å². The van der Waals surface area contributed by atoms with Gasteiger partial charge in [0.15, 0.2) is 5.78 Å². The molecule has 0 unspecified atom stereocenters. The third kappa shape index (κ3) is 4.39. The molecule has 1 amide bonds. The van der Waals surface area contributed by atoms with E-state index in [4.69, 9.17) is 0 Å². The van der Waals surface area contributed by atoms with Crippen LogP contribution in [0.5, 0.6) is 0 Å². The lowest BCUT2D eigenvalue weighted by Crippen LogP contribution is -2.43. The number of nitrogens with zero attached hydrogens (tertiary/aromatic N) is 1. The van der Waals surface area contributed by atoms with Crippen molar-refractivity contribution in [1.29, 1.82) is 0 Å². The Balaban J connectivity index is 1.89. The number of halogens is 3. The molecule has 0 spiro atoms. The molecule has 1 atom stereocenters. The molecule has 1 saturated heterocycles. The second-order valence-corrected chi connectivity index (χ2v) is 8.75. The number of rotatable bonds is 5. The van der Waals surface area contributed by atoms with E-state index in [9.17, 15) is 31.2 Å². The van der Waals surface area contributed by atoms with E-state index in [1.807, 2.05) is 0 Å². The van der Waals surface area contributed by atoms with Gasteiger partial charge in [-0.25, -0.2) is 8.42 Å². The van der Waals surface area contributed by atoms with E-state index >= 15 is 0 Å². The van der Waals surface area contributed by atoms with Crippen molar-refractivity contribution < 1.29 is 31.2 Å². The van der Waals surface area contributed by atoms with Crippen molar-refractivity contribution in [3.63, 3.8) is 0 Å². The van der Waals surface area contributed by atoms with Crippen molar-refractivity contribution in [2.75, 3.05) is 11.9 Å². The Morgan fingerprint density at radius 3 is 2.47 bits per heavy atom. The average molecular weight is 440 g/mol. The molecule has 0 aromatic heterocycles. The normalized spacial score (nSPS) is 17.7. The average Bonchev–Trinajstić information content (AvgIpc) is 3.18. The van der Waals surface area contributed by atoms with E-state index in [1.165, 1.54) is 25.1 Å². The first-order valence-corrected chi connectivity index (χ1v) is 10.6. The molecule has 1 aliphatic rings. The fraction of sp³-hybridized carbons (Fsp3) is 0.300. The number of nitrogens with one attached hydrogen (secondary N) is 1. The Morgan fingerprint density at radius 2 is 1.80 bits per heavy atom. The maximum absolute atomic E-state index is 13.3. The zero-order chi connectivity index (χ0) is 22.1. The Labute approximate surface area is 171 Å². The van der Waals surface area contributed by atoms with Crippen LogP contribution in [0, 0.1) is 0 Å². The van der Waals surface area contributed by atoms with Gasteiger partial charge in [0.1, 0.15) is 6.04 Å². The van der Waals surface area contributed by atoms with Crippen LogP contribution in [0.3, 0.4) is 0 Å². The number of sulfonamides is 1. The van der Waals surface area contributed by atoms with E-state index in [2.05, 4.69) is 5.32 Å². The number of alkyl halides is 3. The van der Waals surface area contributed by atoms with Gasteiger partial charge in [0.25, 0.3) is 0 Å². The standard InChI is InChI=1S/C20H19F3N2O4S/c1-13(26)14-6-4-7-15(12-14)24-19(27)17-9-5-11-25(17)30(28,29)18-10-3-2-8-16(18)20(21,22)23/h2-4,6-8,10,12,17H,5,9,11H2,1H3,(H,24,27)/t17-/m1/s1. The zero-order valence-electron chi connectivity index (χ0n) is 15.9. The van der Waals surface area contributed by atoms with E-state index < -0.39 is 38.6 Å².